The fraction of sp³-hybridized carbons (Fsp3) is 0.222. The van der Waals surface area contributed by atoms with Crippen LogP contribution in [0.3, 0.4) is 0 Å². The van der Waals surface area contributed by atoms with Crippen molar-refractivity contribution in [2.24, 2.45) is 7.05 Å². The third kappa shape index (κ3) is 2.69. The Labute approximate surface area is 148 Å². The van der Waals surface area contributed by atoms with Crippen LogP contribution in [0.1, 0.15) is 17.3 Å². The van der Waals surface area contributed by atoms with Crippen LogP contribution in [0, 0.1) is 12.7 Å². The smallest absolute Gasteiger partial charge is 0.253 e. The van der Waals surface area contributed by atoms with Crippen LogP contribution in [0.25, 0.3) is 22.6 Å². The van der Waals surface area contributed by atoms with Crippen molar-refractivity contribution < 1.29 is 13.5 Å². The van der Waals surface area contributed by atoms with E-state index >= 15 is 0 Å². The quantitative estimate of drug-likeness (QED) is 0.561. The SMILES string of the molecule is COc1c(-c2nnc(Cc3ccc(F)cc3)o2)cnc2c1nc(C)n2C. The lowest BCUT2D eigenvalue weighted by molar-refractivity contribution is 0.417. The molecule has 8 heteroatoms. The Kier molecular flexibility index (Phi) is 3.87. The number of imidazole rings is 1. The number of aryl methyl sites for hydroxylation is 2. The summed E-state index contributed by atoms with van der Waals surface area (Å²) in [5, 5.41) is 8.17. The van der Waals surface area contributed by atoms with Crippen molar-refractivity contribution in [3.8, 4) is 17.2 Å². The Morgan fingerprint density at radius 3 is 2.69 bits per heavy atom. The molecule has 0 unspecified atom stereocenters. The van der Waals surface area contributed by atoms with Crippen LogP contribution in [0.4, 0.5) is 4.39 Å². The second kappa shape index (κ2) is 6.21. The summed E-state index contributed by atoms with van der Waals surface area (Å²) in [5.74, 6) is 1.80. The molecule has 0 spiro atoms. The first-order valence-electron chi connectivity index (χ1n) is 8.00. The van der Waals surface area contributed by atoms with Crippen molar-refractivity contribution in [2.45, 2.75) is 13.3 Å². The monoisotopic (exact) mass is 353 g/mol. The summed E-state index contributed by atoms with van der Waals surface area (Å²) in [7, 11) is 3.46. The zero-order chi connectivity index (χ0) is 18.3. The summed E-state index contributed by atoms with van der Waals surface area (Å²) in [6.45, 7) is 1.90. The standard InChI is InChI=1S/C18H16FN5O2/c1-10-21-15-16(25-3)13(9-20-17(15)24(10)2)18-23-22-14(26-18)8-11-4-6-12(19)7-5-11/h4-7,9H,8H2,1-3H3. The number of methoxy groups -OCH3 is 1. The second-order valence-corrected chi connectivity index (χ2v) is 5.90. The lowest BCUT2D eigenvalue weighted by Crippen LogP contribution is -1.95. The minimum absolute atomic E-state index is 0.283. The molecule has 0 saturated heterocycles. The van der Waals surface area contributed by atoms with Gasteiger partial charge in [-0.05, 0) is 24.6 Å². The molecular weight excluding hydrogens is 337 g/mol. The molecule has 0 aliphatic carbocycles. The molecule has 0 aliphatic heterocycles. The van der Waals surface area contributed by atoms with Gasteiger partial charge in [0.25, 0.3) is 5.89 Å². The van der Waals surface area contributed by atoms with Crippen LogP contribution in [0.15, 0.2) is 34.9 Å². The molecule has 0 aliphatic rings. The summed E-state index contributed by atoms with van der Waals surface area (Å²) in [4.78, 5) is 8.94. The van der Waals surface area contributed by atoms with E-state index < -0.39 is 0 Å². The first-order valence-corrected chi connectivity index (χ1v) is 8.00. The minimum Gasteiger partial charge on any atom is -0.493 e. The number of pyridine rings is 1. The molecule has 0 N–H and O–H groups in total. The van der Waals surface area contributed by atoms with Gasteiger partial charge >= 0.3 is 0 Å². The molecule has 3 heterocycles. The molecule has 132 valence electrons. The molecule has 0 atom stereocenters. The third-order valence-corrected chi connectivity index (χ3v) is 4.23. The maximum absolute atomic E-state index is 13.0. The van der Waals surface area contributed by atoms with Crippen molar-refractivity contribution in [1.82, 2.24) is 24.7 Å². The molecule has 0 amide bonds. The van der Waals surface area contributed by atoms with Gasteiger partial charge in [-0.25, -0.2) is 14.4 Å². The molecule has 7 nitrogen and oxygen atoms in total. The van der Waals surface area contributed by atoms with Crippen LogP contribution < -0.4 is 4.74 Å². The highest BCUT2D eigenvalue weighted by molar-refractivity contribution is 5.86. The molecular formula is C18H16FN5O2. The fourth-order valence-electron chi connectivity index (χ4n) is 2.78. The Morgan fingerprint density at radius 2 is 1.96 bits per heavy atom. The number of hydrogen-bond acceptors (Lipinski definition) is 6. The Morgan fingerprint density at radius 1 is 1.19 bits per heavy atom. The van der Waals surface area contributed by atoms with Gasteiger partial charge in [0, 0.05) is 13.2 Å². The molecule has 4 rings (SSSR count). The van der Waals surface area contributed by atoms with Gasteiger partial charge in [0.1, 0.15) is 17.2 Å². The Hall–Kier alpha value is -3.29. The molecule has 0 bridgehead atoms. The van der Waals surface area contributed by atoms with Gasteiger partial charge in [0.2, 0.25) is 5.89 Å². The molecule has 3 aromatic heterocycles. The van der Waals surface area contributed by atoms with E-state index in [0.29, 0.717) is 40.7 Å². The molecule has 0 saturated carbocycles. The predicted molar refractivity (Wildman–Crippen MR) is 92.3 cm³/mol. The first kappa shape index (κ1) is 16.2. The van der Waals surface area contributed by atoms with Gasteiger partial charge in [0.05, 0.1) is 13.5 Å². The molecule has 0 radical (unpaired) electrons. The predicted octanol–water partition coefficient (Wildman–Crippen LogP) is 3.07. The van der Waals surface area contributed by atoms with E-state index in [0.717, 1.165) is 11.4 Å². The zero-order valence-corrected chi connectivity index (χ0v) is 14.5. The lowest BCUT2D eigenvalue weighted by Gasteiger charge is -2.05. The topological polar surface area (TPSA) is 78.9 Å². The number of halogens is 1. The molecule has 0 fully saturated rings. The normalized spacial score (nSPS) is 11.2. The number of ether oxygens (including phenoxy) is 1. The number of fused-ring (bicyclic) bond motifs is 1. The molecule has 1 aromatic carbocycles. The summed E-state index contributed by atoms with van der Waals surface area (Å²) < 4.78 is 26.2. The Bertz CT molecular complexity index is 1090. The van der Waals surface area contributed by atoms with Crippen molar-refractivity contribution >= 4 is 11.2 Å². The number of rotatable bonds is 4. The van der Waals surface area contributed by atoms with Gasteiger partial charge in [-0.3, -0.25) is 0 Å². The van der Waals surface area contributed by atoms with Gasteiger partial charge in [0.15, 0.2) is 16.9 Å². The van der Waals surface area contributed by atoms with E-state index in [9.17, 15) is 4.39 Å². The van der Waals surface area contributed by atoms with Crippen molar-refractivity contribution in [3.63, 3.8) is 0 Å². The largest absolute Gasteiger partial charge is 0.493 e. The van der Waals surface area contributed by atoms with E-state index in [1.807, 2.05) is 18.5 Å². The zero-order valence-electron chi connectivity index (χ0n) is 14.5. The lowest BCUT2D eigenvalue weighted by atomic mass is 10.1. The average molecular weight is 353 g/mol. The van der Waals surface area contributed by atoms with Gasteiger partial charge < -0.3 is 13.7 Å². The maximum Gasteiger partial charge on any atom is 0.253 e. The number of nitrogens with zero attached hydrogens (tertiary/aromatic N) is 5. The summed E-state index contributed by atoms with van der Waals surface area (Å²) in [6.07, 6.45) is 2.05. The van der Waals surface area contributed by atoms with Crippen molar-refractivity contribution in [3.05, 3.63) is 53.6 Å². The minimum atomic E-state index is -0.283. The average Bonchev–Trinajstić information content (AvgIpc) is 3.21. The first-order chi connectivity index (χ1) is 12.6. The second-order valence-electron chi connectivity index (χ2n) is 5.90. The van der Waals surface area contributed by atoms with E-state index in [2.05, 4.69) is 20.2 Å². The van der Waals surface area contributed by atoms with Crippen LogP contribution in [-0.2, 0) is 13.5 Å². The number of hydrogen-bond donors (Lipinski definition) is 0. The van der Waals surface area contributed by atoms with Crippen LogP contribution >= 0.6 is 0 Å². The van der Waals surface area contributed by atoms with Crippen LogP contribution in [0.5, 0.6) is 5.75 Å². The third-order valence-electron chi connectivity index (χ3n) is 4.23. The summed E-state index contributed by atoms with van der Waals surface area (Å²) in [5.41, 5.74) is 2.82. The molecule has 4 aromatic rings. The molecule has 26 heavy (non-hydrogen) atoms. The summed E-state index contributed by atoms with van der Waals surface area (Å²) in [6, 6.07) is 6.17. The van der Waals surface area contributed by atoms with Crippen LogP contribution in [-0.4, -0.2) is 31.8 Å². The van der Waals surface area contributed by atoms with E-state index in [1.54, 1.807) is 25.4 Å². The Balaban J connectivity index is 1.72. The number of aromatic nitrogens is 5. The maximum atomic E-state index is 13.0. The van der Waals surface area contributed by atoms with Gasteiger partial charge in [-0.2, -0.15) is 0 Å². The highest BCUT2D eigenvalue weighted by Crippen LogP contribution is 2.34. The fourth-order valence-corrected chi connectivity index (χ4v) is 2.78. The van der Waals surface area contributed by atoms with Gasteiger partial charge in [-0.15, -0.1) is 10.2 Å². The summed E-state index contributed by atoms with van der Waals surface area (Å²) >= 11 is 0. The van der Waals surface area contributed by atoms with Crippen LogP contribution in [0.2, 0.25) is 0 Å². The number of benzene rings is 1. The van der Waals surface area contributed by atoms with Crippen molar-refractivity contribution in [2.75, 3.05) is 7.11 Å². The van der Waals surface area contributed by atoms with E-state index in [-0.39, 0.29) is 5.82 Å². The van der Waals surface area contributed by atoms with E-state index in [4.69, 9.17) is 9.15 Å². The van der Waals surface area contributed by atoms with E-state index in [1.165, 1.54) is 12.1 Å². The van der Waals surface area contributed by atoms with Gasteiger partial charge in [-0.1, -0.05) is 12.1 Å². The highest BCUT2D eigenvalue weighted by atomic mass is 19.1. The highest BCUT2D eigenvalue weighted by Gasteiger charge is 2.20. The van der Waals surface area contributed by atoms with Crippen molar-refractivity contribution in [1.29, 1.82) is 0 Å².